The van der Waals surface area contributed by atoms with E-state index in [0.717, 1.165) is 11.3 Å². The van der Waals surface area contributed by atoms with E-state index in [1.165, 1.54) is 11.3 Å². The number of rotatable bonds is 3. The molecular weight excluding hydrogens is 256 g/mol. The topological polar surface area (TPSA) is 98.0 Å². The molecule has 5 nitrogen and oxygen atoms in total. The molecule has 0 aliphatic heterocycles. The van der Waals surface area contributed by atoms with Crippen molar-refractivity contribution in [3.05, 3.63) is 33.4 Å². The summed E-state index contributed by atoms with van der Waals surface area (Å²) in [5.74, 6) is -2.55. The van der Waals surface area contributed by atoms with Gasteiger partial charge in [-0.15, -0.1) is 11.3 Å². The van der Waals surface area contributed by atoms with Crippen molar-refractivity contribution in [1.29, 1.82) is 0 Å². The lowest BCUT2D eigenvalue weighted by atomic mass is 9.71. The normalized spacial score (nSPS) is 24.3. The van der Waals surface area contributed by atoms with Crippen LogP contribution in [0.2, 0.25) is 0 Å². The highest BCUT2D eigenvalue weighted by atomic mass is 32.1. The zero-order valence-electron chi connectivity index (χ0n) is 9.59. The maximum absolute atomic E-state index is 11.6. The molecule has 4 N–H and O–H groups in total. The van der Waals surface area contributed by atoms with Crippen molar-refractivity contribution in [2.24, 2.45) is 0 Å². The molecular formula is C12H14O5S. The van der Waals surface area contributed by atoms with Crippen LogP contribution < -0.4 is 0 Å². The molecule has 0 saturated heterocycles. The van der Waals surface area contributed by atoms with E-state index in [1.54, 1.807) is 11.4 Å². The largest absolute Gasteiger partial charge is 0.507 e. The Morgan fingerprint density at radius 2 is 2.11 bits per heavy atom. The number of fused-ring (bicyclic) bond motifs is 1. The summed E-state index contributed by atoms with van der Waals surface area (Å²) in [7, 11) is 0. The Morgan fingerprint density at radius 1 is 1.39 bits per heavy atom. The molecule has 1 atom stereocenters. The molecule has 0 radical (unpaired) electrons. The summed E-state index contributed by atoms with van der Waals surface area (Å²) in [5, 5.41) is 39.6. The zero-order chi connectivity index (χ0) is 13.3. The monoisotopic (exact) mass is 270 g/mol. The summed E-state index contributed by atoms with van der Waals surface area (Å²) in [6, 6.07) is 1.66. The van der Waals surface area contributed by atoms with Gasteiger partial charge in [0.05, 0.1) is 0 Å². The van der Waals surface area contributed by atoms with E-state index in [4.69, 9.17) is 5.11 Å². The van der Waals surface area contributed by atoms with Gasteiger partial charge in [-0.1, -0.05) is 0 Å². The third kappa shape index (κ3) is 1.69. The Labute approximate surface area is 108 Å². The SMILES string of the molecule is O=C(O)C1(/C(O)=C(\O)CO)CCCc2sccc21. The molecule has 1 heterocycles. The first-order chi connectivity index (χ1) is 8.54. The van der Waals surface area contributed by atoms with Crippen molar-refractivity contribution in [2.75, 3.05) is 6.61 Å². The third-order valence-electron chi connectivity index (χ3n) is 3.35. The molecule has 0 amide bonds. The van der Waals surface area contributed by atoms with E-state index < -0.39 is 29.5 Å². The van der Waals surface area contributed by atoms with Gasteiger partial charge in [-0.2, -0.15) is 0 Å². The highest BCUT2D eigenvalue weighted by Crippen LogP contribution is 2.44. The average molecular weight is 270 g/mol. The molecule has 6 heteroatoms. The molecule has 0 saturated carbocycles. The van der Waals surface area contributed by atoms with E-state index in [0.29, 0.717) is 12.0 Å². The Balaban J connectivity index is 2.66. The van der Waals surface area contributed by atoms with Crippen LogP contribution in [0.25, 0.3) is 0 Å². The summed E-state index contributed by atoms with van der Waals surface area (Å²) >= 11 is 1.44. The zero-order valence-corrected chi connectivity index (χ0v) is 10.4. The van der Waals surface area contributed by atoms with Crippen LogP contribution in [-0.4, -0.2) is 33.0 Å². The van der Waals surface area contributed by atoms with Crippen LogP contribution in [-0.2, 0) is 16.6 Å². The maximum Gasteiger partial charge on any atom is 0.322 e. The quantitative estimate of drug-likeness (QED) is 0.627. The summed E-state index contributed by atoms with van der Waals surface area (Å²) in [5.41, 5.74) is -1.11. The number of aliphatic hydroxyl groups is 3. The fraction of sp³-hybridized carbons (Fsp3) is 0.417. The molecule has 0 spiro atoms. The fourth-order valence-electron chi connectivity index (χ4n) is 2.45. The van der Waals surface area contributed by atoms with Crippen LogP contribution in [0.15, 0.2) is 23.0 Å². The predicted octanol–water partition coefficient (Wildman–Crippen LogP) is 1.73. The van der Waals surface area contributed by atoms with Gasteiger partial charge in [0, 0.05) is 4.88 Å². The first-order valence-electron chi connectivity index (χ1n) is 5.56. The minimum absolute atomic E-state index is 0.210. The van der Waals surface area contributed by atoms with Gasteiger partial charge in [-0.05, 0) is 36.3 Å². The number of hydrogen-bond donors (Lipinski definition) is 4. The van der Waals surface area contributed by atoms with Gasteiger partial charge < -0.3 is 20.4 Å². The molecule has 1 unspecified atom stereocenters. The van der Waals surface area contributed by atoms with Crippen molar-refractivity contribution in [3.8, 4) is 0 Å². The van der Waals surface area contributed by atoms with Gasteiger partial charge in [-0.3, -0.25) is 4.79 Å². The van der Waals surface area contributed by atoms with Crippen LogP contribution in [0.5, 0.6) is 0 Å². The Morgan fingerprint density at radius 3 is 2.72 bits per heavy atom. The molecule has 18 heavy (non-hydrogen) atoms. The van der Waals surface area contributed by atoms with E-state index in [2.05, 4.69) is 0 Å². The molecule has 1 aromatic rings. The number of thiophene rings is 1. The van der Waals surface area contributed by atoms with Crippen LogP contribution in [0.4, 0.5) is 0 Å². The minimum atomic E-state index is -1.62. The third-order valence-corrected chi connectivity index (χ3v) is 4.33. The maximum atomic E-state index is 11.6. The molecule has 0 fully saturated rings. The first kappa shape index (κ1) is 12.9. The number of aliphatic hydroxyl groups excluding tert-OH is 3. The Bertz CT molecular complexity index is 504. The lowest BCUT2D eigenvalue weighted by molar-refractivity contribution is -0.144. The van der Waals surface area contributed by atoms with Crippen LogP contribution in [0, 0.1) is 0 Å². The van der Waals surface area contributed by atoms with Crippen molar-refractivity contribution in [3.63, 3.8) is 0 Å². The number of carboxylic acid groups (broad SMARTS) is 1. The number of carboxylic acids is 1. The number of aliphatic carboxylic acids is 1. The minimum Gasteiger partial charge on any atom is -0.507 e. The summed E-state index contributed by atoms with van der Waals surface area (Å²) in [6.45, 7) is -0.777. The lowest BCUT2D eigenvalue weighted by Crippen LogP contribution is -2.41. The average Bonchev–Trinajstić information content (AvgIpc) is 2.84. The van der Waals surface area contributed by atoms with Crippen molar-refractivity contribution in [1.82, 2.24) is 0 Å². The van der Waals surface area contributed by atoms with Gasteiger partial charge >= 0.3 is 5.97 Å². The summed E-state index contributed by atoms with van der Waals surface area (Å²) < 4.78 is 0. The smallest absolute Gasteiger partial charge is 0.322 e. The van der Waals surface area contributed by atoms with Crippen LogP contribution >= 0.6 is 11.3 Å². The fourth-order valence-corrected chi connectivity index (χ4v) is 3.45. The van der Waals surface area contributed by atoms with Gasteiger partial charge in [0.1, 0.15) is 6.61 Å². The van der Waals surface area contributed by atoms with Crippen molar-refractivity contribution >= 4 is 17.3 Å². The van der Waals surface area contributed by atoms with Crippen LogP contribution in [0.1, 0.15) is 23.3 Å². The molecule has 2 rings (SSSR count). The van der Waals surface area contributed by atoms with Gasteiger partial charge in [0.15, 0.2) is 16.9 Å². The summed E-state index contributed by atoms with van der Waals surface area (Å²) in [4.78, 5) is 12.5. The van der Waals surface area contributed by atoms with E-state index in [1.807, 2.05) is 0 Å². The standard InChI is InChI=1S/C12H14O5S/c13-6-8(14)10(15)12(11(16)17)4-1-2-9-7(12)3-5-18-9/h3,5,13-15H,1-2,4,6H2,(H,16,17)/b10-8+. The number of hydrogen-bond acceptors (Lipinski definition) is 5. The Kier molecular flexibility index (Phi) is 3.32. The van der Waals surface area contributed by atoms with E-state index >= 15 is 0 Å². The van der Waals surface area contributed by atoms with E-state index in [9.17, 15) is 20.1 Å². The number of carbonyl (C=O) groups is 1. The van der Waals surface area contributed by atoms with Gasteiger partial charge in [0.2, 0.25) is 0 Å². The lowest BCUT2D eigenvalue weighted by Gasteiger charge is -2.33. The second-order valence-corrected chi connectivity index (χ2v) is 5.28. The first-order valence-corrected chi connectivity index (χ1v) is 6.44. The molecule has 1 aliphatic carbocycles. The van der Waals surface area contributed by atoms with Gasteiger partial charge in [0.25, 0.3) is 0 Å². The van der Waals surface area contributed by atoms with Crippen LogP contribution in [0.3, 0.4) is 0 Å². The Hall–Kier alpha value is -1.53. The second-order valence-electron chi connectivity index (χ2n) is 4.27. The molecule has 1 aromatic heterocycles. The highest BCUT2D eigenvalue weighted by Gasteiger charge is 2.49. The highest BCUT2D eigenvalue weighted by molar-refractivity contribution is 7.10. The number of aryl methyl sites for hydroxylation is 1. The predicted molar refractivity (Wildman–Crippen MR) is 65.9 cm³/mol. The van der Waals surface area contributed by atoms with E-state index in [-0.39, 0.29) is 6.42 Å². The van der Waals surface area contributed by atoms with Crippen molar-refractivity contribution < 1.29 is 25.2 Å². The second kappa shape index (κ2) is 4.62. The van der Waals surface area contributed by atoms with Gasteiger partial charge in [-0.25, -0.2) is 0 Å². The molecule has 0 aromatic carbocycles. The molecule has 98 valence electrons. The van der Waals surface area contributed by atoms with Crippen molar-refractivity contribution in [2.45, 2.75) is 24.7 Å². The molecule has 0 bridgehead atoms. The molecule has 1 aliphatic rings. The summed E-state index contributed by atoms with van der Waals surface area (Å²) in [6.07, 6.45) is 1.60.